The van der Waals surface area contributed by atoms with Gasteiger partial charge in [0.1, 0.15) is 30.9 Å². The van der Waals surface area contributed by atoms with Gasteiger partial charge in [0.2, 0.25) is 24.5 Å². The lowest BCUT2D eigenvalue weighted by molar-refractivity contribution is -0.172. The normalized spacial score (nSPS) is 16.9. The first kappa shape index (κ1) is 48.9. The van der Waals surface area contributed by atoms with Gasteiger partial charge in [0.25, 0.3) is 5.56 Å². The number of nitrogens with zero attached hydrogens (tertiary/aromatic N) is 2. The number of hydrogen-bond donors (Lipinski definition) is 6. The maximum absolute atomic E-state index is 13.9. The molecule has 20 nitrogen and oxygen atoms in total. The molecule has 2 aromatic heterocycles. The third-order valence-corrected chi connectivity index (χ3v) is 11.8. The summed E-state index contributed by atoms with van der Waals surface area (Å²) in [4.78, 5) is 96.7. The molecular weight excluding hydrogens is 883 g/mol. The van der Waals surface area contributed by atoms with Gasteiger partial charge >= 0.3 is 18.0 Å². The molecule has 0 saturated heterocycles. The van der Waals surface area contributed by atoms with Crippen LogP contribution in [0.15, 0.2) is 47.3 Å². The van der Waals surface area contributed by atoms with E-state index in [-0.39, 0.29) is 69.4 Å². The summed E-state index contributed by atoms with van der Waals surface area (Å²) < 4.78 is 28.9. The Bertz CT molecular complexity index is 2730. The van der Waals surface area contributed by atoms with E-state index < -0.39 is 70.6 Å². The number of benzene rings is 2. The molecule has 0 radical (unpaired) electrons. The molecule has 3 aliphatic heterocycles. The molecule has 2 aromatic carbocycles. The Balaban J connectivity index is 1.02. The van der Waals surface area contributed by atoms with Gasteiger partial charge < -0.3 is 60.4 Å². The van der Waals surface area contributed by atoms with Crippen molar-refractivity contribution in [3.05, 3.63) is 80.6 Å². The number of hydrogen-bond acceptors (Lipinski definition) is 15. The number of nitrogens with one attached hydrogen (secondary N) is 4. The molecule has 4 atom stereocenters. The van der Waals surface area contributed by atoms with Gasteiger partial charge in [0, 0.05) is 41.2 Å². The second-order valence-corrected chi connectivity index (χ2v) is 18.5. The number of anilines is 1. The molecule has 4 amide bonds. The molecule has 68 heavy (non-hydrogen) atoms. The molecule has 3 aliphatic rings. The second-order valence-electron chi connectivity index (χ2n) is 18.5. The van der Waals surface area contributed by atoms with Crippen LogP contribution in [0.5, 0.6) is 11.5 Å². The molecule has 0 fully saturated rings. The number of aromatic nitrogens is 2. The maximum Gasteiger partial charge on any atom is 0.407 e. The van der Waals surface area contributed by atoms with Crippen LogP contribution in [0.1, 0.15) is 102 Å². The van der Waals surface area contributed by atoms with Crippen molar-refractivity contribution in [1.29, 1.82) is 0 Å². The SMILES string of the molecule is CC[C@@]1(O)C(=O)OCc2c1cc1n(c2=O)Cc2c-1nc1cc3c(cc1c2CNC(=O)OCc1ccc(NC(=O)[C@H](CCC(=O)OC(C)(C)C)NC(=O)[C@H](C)NC(=O)[C@H](N)CC(C)C)cc1)OCO3. The van der Waals surface area contributed by atoms with Gasteiger partial charge in [-0.2, -0.15) is 0 Å². The first-order valence-corrected chi connectivity index (χ1v) is 22.5. The number of esters is 2. The summed E-state index contributed by atoms with van der Waals surface area (Å²) in [6.45, 7) is 11.7. The van der Waals surface area contributed by atoms with Crippen molar-refractivity contribution in [2.45, 2.75) is 130 Å². The molecular formula is C48H57N7O13. The van der Waals surface area contributed by atoms with Gasteiger partial charge in [-0.1, -0.05) is 32.9 Å². The summed E-state index contributed by atoms with van der Waals surface area (Å²) in [6.07, 6.45) is -0.640. The fourth-order valence-corrected chi connectivity index (χ4v) is 8.25. The van der Waals surface area contributed by atoms with Crippen LogP contribution in [0.3, 0.4) is 0 Å². The van der Waals surface area contributed by atoms with E-state index in [2.05, 4.69) is 21.3 Å². The zero-order chi connectivity index (χ0) is 49.2. The topological polar surface area (TPSA) is 278 Å². The lowest BCUT2D eigenvalue weighted by atomic mass is 9.86. The number of cyclic esters (lactones) is 1. The highest BCUT2D eigenvalue weighted by atomic mass is 16.7. The Morgan fingerprint density at radius 3 is 2.32 bits per heavy atom. The number of carbonyl (C=O) groups excluding carboxylic acids is 6. The zero-order valence-electron chi connectivity index (χ0n) is 39.0. The fourth-order valence-electron chi connectivity index (χ4n) is 8.25. The monoisotopic (exact) mass is 939 g/mol. The quantitative estimate of drug-likeness (QED) is 0.0609. The van der Waals surface area contributed by atoms with Crippen molar-refractivity contribution in [1.82, 2.24) is 25.5 Å². The summed E-state index contributed by atoms with van der Waals surface area (Å²) in [6, 6.07) is 8.46. The Morgan fingerprint density at radius 1 is 0.941 bits per heavy atom. The third-order valence-electron chi connectivity index (χ3n) is 11.8. The van der Waals surface area contributed by atoms with Crippen LogP contribution in [0, 0.1) is 5.92 Å². The summed E-state index contributed by atoms with van der Waals surface area (Å²) in [5.74, 6) is -2.08. The average molecular weight is 940 g/mol. The van der Waals surface area contributed by atoms with Crippen LogP contribution < -0.4 is 42.0 Å². The Kier molecular flexibility index (Phi) is 14.1. The lowest BCUT2D eigenvalue weighted by Gasteiger charge is -2.31. The number of ether oxygens (including phenoxy) is 5. The van der Waals surface area contributed by atoms with Gasteiger partial charge in [0.05, 0.1) is 35.1 Å². The van der Waals surface area contributed by atoms with Crippen molar-refractivity contribution < 1.29 is 57.6 Å². The first-order chi connectivity index (χ1) is 32.1. The van der Waals surface area contributed by atoms with Gasteiger partial charge in [-0.15, -0.1) is 0 Å². The minimum absolute atomic E-state index is 0.0136. The van der Waals surface area contributed by atoms with E-state index >= 15 is 0 Å². The second kappa shape index (κ2) is 19.7. The number of rotatable bonds is 16. The number of aliphatic hydroxyl groups is 1. The first-order valence-electron chi connectivity index (χ1n) is 22.5. The average Bonchev–Trinajstić information content (AvgIpc) is 3.90. The predicted molar refractivity (Wildman–Crippen MR) is 245 cm³/mol. The minimum atomic E-state index is -2.01. The molecule has 362 valence electrons. The van der Waals surface area contributed by atoms with Gasteiger partial charge in [-0.3, -0.25) is 24.0 Å². The number of carbonyl (C=O) groups is 6. The molecule has 0 bridgehead atoms. The van der Waals surface area contributed by atoms with E-state index in [0.717, 1.165) is 0 Å². The summed E-state index contributed by atoms with van der Waals surface area (Å²) >= 11 is 0. The number of amides is 4. The summed E-state index contributed by atoms with van der Waals surface area (Å²) in [5, 5.41) is 22.7. The Morgan fingerprint density at radius 2 is 1.65 bits per heavy atom. The molecule has 0 spiro atoms. The van der Waals surface area contributed by atoms with Crippen LogP contribution in [-0.2, 0) is 70.1 Å². The number of alkyl carbamates (subject to hydrolysis) is 1. The molecule has 20 heteroatoms. The number of nitrogens with two attached hydrogens (primary N) is 1. The van der Waals surface area contributed by atoms with E-state index in [4.69, 9.17) is 34.4 Å². The summed E-state index contributed by atoms with van der Waals surface area (Å²) in [7, 11) is 0. The largest absolute Gasteiger partial charge is 0.460 e. The maximum atomic E-state index is 13.9. The van der Waals surface area contributed by atoms with E-state index in [1.54, 1.807) is 70.2 Å². The van der Waals surface area contributed by atoms with E-state index in [0.29, 0.717) is 62.6 Å². The summed E-state index contributed by atoms with van der Waals surface area (Å²) in [5.41, 5.74) is 6.64. The molecule has 0 saturated carbocycles. The molecule has 4 aromatic rings. The van der Waals surface area contributed by atoms with Crippen molar-refractivity contribution in [3.8, 4) is 22.9 Å². The highest BCUT2D eigenvalue weighted by Crippen LogP contribution is 2.43. The van der Waals surface area contributed by atoms with Crippen molar-refractivity contribution in [2.24, 2.45) is 11.7 Å². The smallest absolute Gasteiger partial charge is 0.407 e. The number of pyridine rings is 2. The van der Waals surface area contributed by atoms with Crippen LogP contribution in [0.4, 0.5) is 10.5 Å². The highest BCUT2D eigenvalue weighted by Gasteiger charge is 2.45. The molecule has 7 rings (SSSR count). The third kappa shape index (κ3) is 10.6. The van der Waals surface area contributed by atoms with Crippen LogP contribution in [0.2, 0.25) is 0 Å². The van der Waals surface area contributed by atoms with Crippen LogP contribution in [-0.4, -0.2) is 80.9 Å². The zero-order valence-corrected chi connectivity index (χ0v) is 39.0. The van der Waals surface area contributed by atoms with Gasteiger partial charge in [-0.05, 0) is 88.3 Å². The molecule has 0 aliphatic carbocycles. The minimum Gasteiger partial charge on any atom is -0.460 e. The Hall–Kier alpha value is -7.06. The van der Waals surface area contributed by atoms with E-state index in [9.17, 15) is 38.7 Å². The predicted octanol–water partition coefficient (Wildman–Crippen LogP) is 3.66. The van der Waals surface area contributed by atoms with E-state index in [1.165, 1.54) is 11.5 Å². The number of fused-ring (bicyclic) bond motifs is 6. The van der Waals surface area contributed by atoms with Crippen molar-refractivity contribution in [2.75, 3.05) is 12.1 Å². The molecule has 5 heterocycles. The lowest BCUT2D eigenvalue weighted by Crippen LogP contribution is -2.54. The van der Waals surface area contributed by atoms with E-state index in [1.807, 2.05) is 13.8 Å². The molecule has 7 N–H and O–H groups in total. The highest BCUT2D eigenvalue weighted by molar-refractivity contribution is 5.99. The van der Waals surface area contributed by atoms with Crippen molar-refractivity contribution in [3.63, 3.8) is 0 Å². The van der Waals surface area contributed by atoms with Crippen LogP contribution in [0.25, 0.3) is 22.3 Å². The van der Waals surface area contributed by atoms with Gasteiger partial charge in [-0.25, -0.2) is 14.6 Å². The Labute approximate surface area is 391 Å². The van der Waals surface area contributed by atoms with Crippen molar-refractivity contribution >= 4 is 52.3 Å². The standard InChI is InChI=1S/C48H57N7O13/c1-8-48(63)32-17-36-40-30(20-55(36)44(60)31(32)22-64-45(48)61)29(28-16-37-38(67-23-66-37)18-35(28)53-40)19-50-46(62)65-21-26-9-11-27(12-10-26)52-43(59)34(13-14-39(56)68-47(5,6)7)54-41(57)25(4)51-42(58)33(49)15-24(2)3/h9-12,16-18,24-25,33-34,63H,8,13-15,19-23,49H2,1-7H3,(H,50,62)(H,51,58)(H,52,59)(H,54,57)/t25-,33+,34-,48-/m0/s1. The fraction of sp³-hybridized carbons (Fsp3) is 0.458. The van der Waals surface area contributed by atoms with Gasteiger partial charge in [0.15, 0.2) is 17.1 Å². The molecule has 0 unspecified atom stereocenters. The van der Waals surface area contributed by atoms with Crippen LogP contribution >= 0.6 is 0 Å².